The fourth-order valence-corrected chi connectivity index (χ4v) is 5.62. The summed E-state index contributed by atoms with van der Waals surface area (Å²) in [6.07, 6.45) is 0.883. The summed E-state index contributed by atoms with van der Waals surface area (Å²) < 4.78 is 12.6. The second kappa shape index (κ2) is 8.40. The van der Waals surface area contributed by atoms with Gasteiger partial charge in [0.25, 0.3) is 0 Å². The van der Waals surface area contributed by atoms with Crippen LogP contribution >= 0.6 is 0 Å². The predicted molar refractivity (Wildman–Crippen MR) is 120 cm³/mol. The average Bonchev–Trinajstić information content (AvgIpc) is 2.78. The number of aliphatic hydroxyl groups excluding tert-OH is 1. The normalized spacial score (nSPS) is 30.7. The van der Waals surface area contributed by atoms with Crippen LogP contribution in [0.3, 0.4) is 0 Å². The molecule has 1 N–H and O–H groups in total. The highest BCUT2D eigenvalue weighted by Gasteiger charge is 2.65. The molecule has 0 unspecified atom stereocenters. The maximum Gasteiger partial charge on any atom is 0.312 e. The van der Waals surface area contributed by atoms with Crippen LogP contribution < -0.4 is 0 Å². The van der Waals surface area contributed by atoms with Gasteiger partial charge in [0.15, 0.2) is 0 Å². The third-order valence-electron chi connectivity index (χ3n) is 7.90. The Morgan fingerprint density at radius 3 is 2.26 bits per heavy atom. The van der Waals surface area contributed by atoms with Crippen LogP contribution in [0.4, 0.5) is 0 Å². The smallest absolute Gasteiger partial charge is 0.312 e. The first kappa shape index (κ1) is 22.0. The third-order valence-corrected chi connectivity index (χ3v) is 7.90. The average molecular weight is 423 g/mol. The molecule has 3 fully saturated rings. The van der Waals surface area contributed by atoms with E-state index in [4.69, 9.17) is 9.47 Å². The van der Waals surface area contributed by atoms with Gasteiger partial charge in [-0.2, -0.15) is 0 Å². The molecule has 5 rings (SSSR count). The molecule has 6 atom stereocenters. The van der Waals surface area contributed by atoms with E-state index in [-0.39, 0.29) is 23.4 Å². The first-order valence-electron chi connectivity index (χ1n) is 11.3. The van der Waals surface area contributed by atoms with Gasteiger partial charge in [0.1, 0.15) is 5.60 Å². The molecule has 2 aromatic rings. The number of benzene rings is 2. The van der Waals surface area contributed by atoms with Gasteiger partial charge in [0, 0.05) is 5.92 Å². The highest BCUT2D eigenvalue weighted by atomic mass is 16.6. The minimum absolute atomic E-state index is 0.114. The van der Waals surface area contributed by atoms with Crippen molar-refractivity contribution in [2.24, 2.45) is 23.2 Å². The molecule has 3 saturated carbocycles. The van der Waals surface area contributed by atoms with Crippen LogP contribution in [0.15, 0.2) is 60.7 Å². The first-order valence-corrected chi connectivity index (χ1v) is 11.3. The minimum Gasteiger partial charge on any atom is -0.456 e. The van der Waals surface area contributed by atoms with E-state index in [1.165, 1.54) is 0 Å². The number of aliphatic hydroxyl groups is 1. The number of ether oxygens (including phenoxy) is 2. The van der Waals surface area contributed by atoms with E-state index in [0.717, 1.165) is 24.0 Å². The highest BCUT2D eigenvalue weighted by molar-refractivity contribution is 5.73. The Labute approximate surface area is 185 Å². The highest BCUT2D eigenvalue weighted by Crippen LogP contribution is 2.64. The molecule has 4 nitrogen and oxygen atoms in total. The number of carbonyl (C=O) groups is 1. The Morgan fingerprint density at radius 1 is 1.03 bits per heavy atom. The lowest BCUT2D eigenvalue weighted by Gasteiger charge is -2.65. The molecule has 0 saturated heterocycles. The molecule has 3 aliphatic rings. The molecular weight excluding hydrogens is 388 g/mol. The van der Waals surface area contributed by atoms with Crippen LogP contribution in [0.2, 0.25) is 0 Å². The zero-order valence-electron chi connectivity index (χ0n) is 19.0. The van der Waals surface area contributed by atoms with Gasteiger partial charge in [-0.1, -0.05) is 74.5 Å². The molecule has 0 radical (unpaired) electrons. The van der Waals surface area contributed by atoms with E-state index in [1.807, 2.05) is 55.5 Å². The fraction of sp³-hybridized carbons (Fsp3) is 0.519. The minimum atomic E-state index is -0.897. The Balaban J connectivity index is 1.51. The van der Waals surface area contributed by atoms with Gasteiger partial charge >= 0.3 is 5.97 Å². The van der Waals surface area contributed by atoms with E-state index in [1.54, 1.807) is 6.92 Å². The zero-order valence-corrected chi connectivity index (χ0v) is 19.0. The van der Waals surface area contributed by atoms with Crippen LogP contribution in [-0.2, 0) is 20.9 Å². The van der Waals surface area contributed by atoms with Crippen molar-refractivity contribution in [3.05, 3.63) is 71.8 Å². The third kappa shape index (κ3) is 4.04. The molecule has 2 bridgehead atoms. The van der Waals surface area contributed by atoms with Crippen molar-refractivity contribution >= 4 is 5.97 Å². The summed E-state index contributed by atoms with van der Waals surface area (Å²) >= 11 is 0. The van der Waals surface area contributed by atoms with Crippen molar-refractivity contribution in [3.63, 3.8) is 0 Å². The Morgan fingerprint density at radius 2 is 1.65 bits per heavy atom. The molecule has 0 spiro atoms. The number of rotatable bonds is 7. The number of carbonyl (C=O) groups excluding carboxylic acids is 1. The summed E-state index contributed by atoms with van der Waals surface area (Å²) in [5, 5.41) is 10.7. The van der Waals surface area contributed by atoms with Crippen molar-refractivity contribution in [2.45, 2.75) is 65.0 Å². The van der Waals surface area contributed by atoms with Crippen LogP contribution in [0.25, 0.3) is 0 Å². The molecule has 0 aliphatic heterocycles. The molecule has 0 amide bonds. The molecule has 4 heteroatoms. The molecule has 0 aromatic heterocycles. The molecular formula is C27H34O4. The second-order valence-electron chi connectivity index (χ2n) is 10.1. The van der Waals surface area contributed by atoms with Gasteiger partial charge in [-0.25, -0.2) is 0 Å². The van der Waals surface area contributed by atoms with Crippen LogP contribution in [0.1, 0.15) is 57.8 Å². The summed E-state index contributed by atoms with van der Waals surface area (Å²) in [4.78, 5) is 13.2. The quantitative estimate of drug-likeness (QED) is 0.615. The van der Waals surface area contributed by atoms with Crippen molar-refractivity contribution in [3.8, 4) is 0 Å². The largest absolute Gasteiger partial charge is 0.456 e. The molecule has 0 heterocycles. The van der Waals surface area contributed by atoms with E-state index in [2.05, 4.69) is 26.0 Å². The van der Waals surface area contributed by atoms with Gasteiger partial charge in [-0.05, 0) is 49.1 Å². The van der Waals surface area contributed by atoms with Gasteiger partial charge in [-0.15, -0.1) is 0 Å². The molecule has 166 valence electrons. The number of hydrogen-bond acceptors (Lipinski definition) is 4. The number of fused-ring (bicyclic) bond motifs is 2. The lowest BCUT2D eigenvalue weighted by molar-refractivity contribution is -0.272. The van der Waals surface area contributed by atoms with E-state index in [0.29, 0.717) is 12.5 Å². The Kier molecular flexibility index (Phi) is 5.97. The SMILES string of the molecule is C[C@H](C(=O)O[C@@]1(C)[C@@H](OCc2ccccc2)C[C@H]2C[C@@H]1C2(C)C)[C@H](O)c1ccccc1. The van der Waals surface area contributed by atoms with E-state index >= 15 is 0 Å². The Hall–Kier alpha value is -2.17. The predicted octanol–water partition coefficient (Wildman–Crippen LogP) is 5.31. The van der Waals surface area contributed by atoms with Crippen molar-refractivity contribution in [1.82, 2.24) is 0 Å². The fourth-order valence-electron chi connectivity index (χ4n) is 5.62. The maximum atomic E-state index is 13.2. The summed E-state index contributed by atoms with van der Waals surface area (Å²) in [5.41, 5.74) is 1.24. The van der Waals surface area contributed by atoms with Gasteiger partial charge < -0.3 is 14.6 Å². The lowest BCUT2D eigenvalue weighted by Crippen LogP contribution is -2.68. The van der Waals surface area contributed by atoms with Gasteiger partial charge in [-0.3, -0.25) is 4.79 Å². The number of hydrogen-bond donors (Lipinski definition) is 1. The first-order chi connectivity index (χ1) is 14.7. The summed E-state index contributed by atoms with van der Waals surface area (Å²) in [6.45, 7) is 8.81. The van der Waals surface area contributed by atoms with Gasteiger partial charge in [0.2, 0.25) is 0 Å². The van der Waals surface area contributed by atoms with Crippen LogP contribution in [0, 0.1) is 23.2 Å². The second-order valence-corrected chi connectivity index (χ2v) is 10.1. The van der Waals surface area contributed by atoms with Crippen molar-refractivity contribution in [2.75, 3.05) is 0 Å². The van der Waals surface area contributed by atoms with E-state index < -0.39 is 17.6 Å². The molecule has 2 aromatic carbocycles. The topological polar surface area (TPSA) is 55.8 Å². The molecule has 3 aliphatic carbocycles. The van der Waals surface area contributed by atoms with Gasteiger partial charge in [0.05, 0.1) is 24.7 Å². The summed E-state index contributed by atoms with van der Waals surface area (Å²) in [5.74, 6) is -0.204. The number of esters is 1. The van der Waals surface area contributed by atoms with Crippen molar-refractivity contribution in [1.29, 1.82) is 0 Å². The standard InChI is InChI=1S/C27H34O4/c1-18(24(28)20-13-9-6-10-14-20)25(29)31-27(4)22-15-21(26(22,2)3)16-23(27)30-17-19-11-7-5-8-12-19/h5-14,18,21-24,28H,15-17H2,1-4H3/t18-,21+,22+,23-,24-,27+/m0/s1. The van der Waals surface area contributed by atoms with Crippen LogP contribution in [0.5, 0.6) is 0 Å². The summed E-state index contributed by atoms with van der Waals surface area (Å²) in [7, 11) is 0. The van der Waals surface area contributed by atoms with Crippen molar-refractivity contribution < 1.29 is 19.4 Å². The lowest BCUT2D eigenvalue weighted by atomic mass is 9.43. The van der Waals surface area contributed by atoms with E-state index in [9.17, 15) is 9.90 Å². The zero-order chi connectivity index (χ0) is 22.2. The summed E-state index contributed by atoms with van der Waals surface area (Å²) in [6, 6.07) is 19.4. The Bertz CT molecular complexity index is 894. The monoisotopic (exact) mass is 422 g/mol. The van der Waals surface area contributed by atoms with Crippen LogP contribution in [-0.4, -0.2) is 22.8 Å². The molecule has 31 heavy (non-hydrogen) atoms. The maximum absolute atomic E-state index is 13.2.